The van der Waals surface area contributed by atoms with Crippen molar-refractivity contribution in [2.24, 2.45) is 0 Å². The van der Waals surface area contributed by atoms with Gasteiger partial charge < -0.3 is 10.1 Å². The van der Waals surface area contributed by atoms with Gasteiger partial charge in [0.15, 0.2) is 0 Å². The third kappa shape index (κ3) is 3.91. The van der Waals surface area contributed by atoms with Gasteiger partial charge in [0, 0.05) is 17.4 Å². The fourth-order valence-electron chi connectivity index (χ4n) is 1.27. The number of carbonyl (C=O) groups is 1. The van der Waals surface area contributed by atoms with Crippen molar-refractivity contribution < 1.29 is 13.9 Å². The van der Waals surface area contributed by atoms with Gasteiger partial charge in [-0.3, -0.25) is 4.79 Å². The first-order valence-electron chi connectivity index (χ1n) is 5.56. The van der Waals surface area contributed by atoms with Gasteiger partial charge in [-0.25, -0.2) is 4.39 Å². The van der Waals surface area contributed by atoms with Gasteiger partial charge in [-0.2, -0.15) is 11.8 Å². The Morgan fingerprint density at radius 3 is 2.67 bits per heavy atom. The van der Waals surface area contributed by atoms with E-state index < -0.39 is 11.7 Å². The normalized spacial score (nSPS) is 11.2. The highest BCUT2D eigenvalue weighted by Gasteiger charge is 2.19. The SMILES string of the molecule is COc1ccc(C(=O)NCC(C)(C)SC)c(F)c1. The summed E-state index contributed by atoms with van der Waals surface area (Å²) in [5, 5.41) is 2.73. The molecule has 0 radical (unpaired) electrons. The fraction of sp³-hybridized carbons (Fsp3) is 0.462. The number of hydrogen-bond donors (Lipinski definition) is 1. The summed E-state index contributed by atoms with van der Waals surface area (Å²) in [6, 6.07) is 4.20. The molecule has 0 aliphatic rings. The van der Waals surface area contributed by atoms with Crippen molar-refractivity contribution in [3.05, 3.63) is 29.6 Å². The molecule has 1 aromatic carbocycles. The molecule has 0 saturated carbocycles. The molecule has 0 unspecified atom stereocenters. The molecule has 0 spiro atoms. The van der Waals surface area contributed by atoms with Gasteiger partial charge in [0.2, 0.25) is 0 Å². The monoisotopic (exact) mass is 271 g/mol. The molecule has 18 heavy (non-hydrogen) atoms. The molecule has 3 nitrogen and oxygen atoms in total. The van der Waals surface area contributed by atoms with Crippen LogP contribution < -0.4 is 10.1 Å². The van der Waals surface area contributed by atoms with Crippen LogP contribution in [0.1, 0.15) is 24.2 Å². The lowest BCUT2D eigenvalue weighted by atomic mass is 10.1. The van der Waals surface area contributed by atoms with Crippen LogP contribution in [0.5, 0.6) is 5.75 Å². The maximum absolute atomic E-state index is 13.6. The van der Waals surface area contributed by atoms with Crippen molar-refractivity contribution >= 4 is 17.7 Å². The number of halogens is 1. The van der Waals surface area contributed by atoms with E-state index in [1.54, 1.807) is 17.8 Å². The summed E-state index contributed by atoms with van der Waals surface area (Å²) in [5.41, 5.74) is 0.0349. The van der Waals surface area contributed by atoms with Crippen LogP contribution in [-0.4, -0.2) is 30.6 Å². The van der Waals surface area contributed by atoms with E-state index in [1.165, 1.54) is 19.2 Å². The van der Waals surface area contributed by atoms with Crippen LogP contribution >= 0.6 is 11.8 Å². The Balaban J connectivity index is 2.73. The van der Waals surface area contributed by atoms with Crippen molar-refractivity contribution in [2.45, 2.75) is 18.6 Å². The predicted octanol–water partition coefficient (Wildman–Crippen LogP) is 2.71. The molecular weight excluding hydrogens is 253 g/mol. The summed E-state index contributed by atoms with van der Waals surface area (Å²) in [6.45, 7) is 4.52. The lowest BCUT2D eigenvalue weighted by Gasteiger charge is -2.22. The molecule has 0 aliphatic heterocycles. The van der Waals surface area contributed by atoms with E-state index in [4.69, 9.17) is 4.74 Å². The van der Waals surface area contributed by atoms with Gasteiger partial charge in [0.05, 0.1) is 12.7 Å². The molecule has 0 atom stereocenters. The second-order valence-electron chi connectivity index (χ2n) is 4.49. The van der Waals surface area contributed by atoms with Crippen LogP contribution in [0.15, 0.2) is 18.2 Å². The van der Waals surface area contributed by atoms with E-state index in [2.05, 4.69) is 5.32 Å². The highest BCUT2D eigenvalue weighted by Crippen LogP contribution is 2.20. The standard InChI is InChI=1S/C13H18FNO2S/c1-13(2,18-4)8-15-12(16)10-6-5-9(17-3)7-11(10)14/h5-7H,8H2,1-4H3,(H,15,16). The van der Waals surface area contributed by atoms with Crippen LogP contribution in [0.3, 0.4) is 0 Å². The summed E-state index contributed by atoms with van der Waals surface area (Å²) in [6.07, 6.45) is 1.97. The van der Waals surface area contributed by atoms with E-state index >= 15 is 0 Å². The Morgan fingerprint density at radius 2 is 2.17 bits per heavy atom. The summed E-state index contributed by atoms with van der Waals surface area (Å²) < 4.78 is 18.5. The van der Waals surface area contributed by atoms with E-state index in [-0.39, 0.29) is 10.3 Å². The fourth-order valence-corrected chi connectivity index (χ4v) is 1.48. The number of ether oxygens (including phenoxy) is 1. The summed E-state index contributed by atoms with van der Waals surface area (Å²) >= 11 is 1.65. The van der Waals surface area contributed by atoms with Crippen molar-refractivity contribution in [3.8, 4) is 5.75 Å². The second kappa shape index (κ2) is 6.09. The Kier molecular flexibility index (Phi) is 5.02. The van der Waals surface area contributed by atoms with Crippen LogP contribution in [0.2, 0.25) is 0 Å². The van der Waals surface area contributed by atoms with Crippen molar-refractivity contribution in [3.63, 3.8) is 0 Å². The number of benzene rings is 1. The van der Waals surface area contributed by atoms with E-state index in [1.807, 2.05) is 20.1 Å². The molecule has 0 saturated heterocycles. The first-order chi connectivity index (χ1) is 8.39. The van der Waals surface area contributed by atoms with Crippen molar-refractivity contribution in [2.75, 3.05) is 19.9 Å². The van der Waals surface area contributed by atoms with Gasteiger partial charge in [-0.1, -0.05) is 0 Å². The topological polar surface area (TPSA) is 38.3 Å². The molecule has 1 N–H and O–H groups in total. The van der Waals surface area contributed by atoms with Gasteiger partial charge in [-0.05, 0) is 32.2 Å². The predicted molar refractivity (Wildman–Crippen MR) is 72.9 cm³/mol. The quantitative estimate of drug-likeness (QED) is 0.895. The third-order valence-corrected chi connectivity index (χ3v) is 3.90. The summed E-state index contributed by atoms with van der Waals surface area (Å²) in [4.78, 5) is 11.8. The maximum Gasteiger partial charge on any atom is 0.254 e. The highest BCUT2D eigenvalue weighted by molar-refractivity contribution is 7.99. The van der Waals surface area contributed by atoms with Crippen LogP contribution in [0, 0.1) is 5.82 Å². The second-order valence-corrected chi connectivity index (χ2v) is 6.01. The Labute approximate surface area is 111 Å². The van der Waals surface area contributed by atoms with E-state index in [0.29, 0.717) is 12.3 Å². The first kappa shape index (κ1) is 14.8. The Hall–Kier alpha value is -1.23. The summed E-state index contributed by atoms with van der Waals surface area (Å²) in [5.74, 6) is -0.584. The zero-order valence-electron chi connectivity index (χ0n) is 11.0. The number of carbonyl (C=O) groups excluding carboxylic acids is 1. The van der Waals surface area contributed by atoms with Gasteiger partial charge in [-0.15, -0.1) is 0 Å². The number of rotatable bonds is 5. The Morgan fingerprint density at radius 1 is 1.50 bits per heavy atom. The number of nitrogens with one attached hydrogen (secondary N) is 1. The average molecular weight is 271 g/mol. The van der Waals surface area contributed by atoms with Gasteiger partial charge in [0.1, 0.15) is 11.6 Å². The molecule has 0 heterocycles. The van der Waals surface area contributed by atoms with Crippen LogP contribution in [0.4, 0.5) is 4.39 Å². The lowest BCUT2D eigenvalue weighted by Crippen LogP contribution is -2.36. The molecule has 0 aromatic heterocycles. The van der Waals surface area contributed by atoms with Crippen LogP contribution in [0.25, 0.3) is 0 Å². The van der Waals surface area contributed by atoms with Crippen molar-refractivity contribution in [1.29, 1.82) is 0 Å². The molecule has 0 fully saturated rings. The Bertz CT molecular complexity index is 435. The van der Waals surface area contributed by atoms with Gasteiger partial charge in [0.25, 0.3) is 5.91 Å². The maximum atomic E-state index is 13.6. The number of thioether (sulfide) groups is 1. The molecule has 1 amide bonds. The van der Waals surface area contributed by atoms with E-state index in [0.717, 1.165) is 0 Å². The number of amides is 1. The minimum Gasteiger partial charge on any atom is -0.497 e. The smallest absolute Gasteiger partial charge is 0.254 e. The van der Waals surface area contributed by atoms with Gasteiger partial charge >= 0.3 is 0 Å². The number of hydrogen-bond acceptors (Lipinski definition) is 3. The zero-order valence-corrected chi connectivity index (χ0v) is 11.9. The minimum absolute atomic E-state index is 0.0349. The first-order valence-corrected chi connectivity index (χ1v) is 6.79. The highest BCUT2D eigenvalue weighted by atomic mass is 32.2. The largest absolute Gasteiger partial charge is 0.497 e. The minimum atomic E-state index is -0.575. The lowest BCUT2D eigenvalue weighted by molar-refractivity contribution is 0.0946. The van der Waals surface area contributed by atoms with Crippen molar-refractivity contribution in [1.82, 2.24) is 5.32 Å². The average Bonchev–Trinajstić information content (AvgIpc) is 2.36. The summed E-state index contributed by atoms with van der Waals surface area (Å²) in [7, 11) is 1.45. The molecule has 0 bridgehead atoms. The zero-order chi connectivity index (χ0) is 13.8. The molecule has 100 valence electrons. The molecule has 1 aromatic rings. The molecular formula is C13H18FNO2S. The molecule has 1 rings (SSSR count). The third-order valence-electron chi connectivity index (χ3n) is 2.65. The number of methoxy groups -OCH3 is 1. The van der Waals surface area contributed by atoms with E-state index in [9.17, 15) is 9.18 Å². The molecule has 0 aliphatic carbocycles. The van der Waals surface area contributed by atoms with Crippen LogP contribution in [-0.2, 0) is 0 Å². The molecule has 5 heteroatoms.